The van der Waals surface area contributed by atoms with Crippen molar-refractivity contribution >= 4 is 15.7 Å². The molecule has 1 atom stereocenters. The van der Waals surface area contributed by atoms with Gasteiger partial charge in [0.2, 0.25) is 0 Å². The second kappa shape index (κ2) is 7.90. The highest BCUT2D eigenvalue weighted by Crippen LogP contribution is 2.20. The zero-order valence-electron chi connectivity index (χ0n) is 13.6. The number of hydrogen-bond donors (Lipinski definition) is 0. The highest BCUT2D eigenvalue weighted by atomic mass is 32.2. The first-order valence-corrected chi connectivity index (χ1v) is 9.73. The lowest BCUT2D eigenvalue weighted by Crippen LogP contribution is -2.50. The molecule has 1 aromatic carbocycles. The van der Waals surface area contributed by atoms with Gasteiger partial charge in [-0.05, 0) is 5.56 Å². The molecule has 1 fully saturated rings. The number of piperazine rings is 1. The number of carbonyl (C=O) groups excluding carboxylic acids is 1. The molecule has 0 bridgehead atoms. The molecule has 1 amide bonds. The Morgan fingerprint density at radius 1 is 1.17 bits per heavy atom. The number of rotatable bonds is 6. The molecular formula is C16H24N2O4S. The molecule has 0 saturated carbocycles. The van der Waals surface area contributed by atoms with Gasteiger partial charge >= 0.3 is 0 Å². The second-order valence-electron chi connectivity index (χ2n) is 5.82. The number of amides is 1. The van der Waals surface area contributed by atoms with Crippen LogP contribution in [0.25, 0.3) is 0 Å². The Balaban J connectivity index is 1.90. The van der Waals surface area contributed by atoms with Crippen molar-refractivity contribution in [1.29, 1.82) is 0 Å². The summed E-state index contributed by atoms with van der Waals surface area (Å²) in [6.45, 7) is 3.08. The Morgan fingerprint density at radius 3 is 2.30 bits per heavy atom. The summed E-state index contributed by atoms with van der Waals surface area (Å²) in [5, 5.41) is 0. The van der Waals surface area contributed by atoms with E-state index in [4.69, 9.17) is 4.74 Å². The molecule has 23 heavy (non-hydrogen) atoms. The minimum Gasteiger partial charge on any atom is -0.367 e. The zero-order chi connectivity index (χ0) is 16.9. The normalized spacial score (nSPS) is 17.9. The third-order valence-electron chi connectivity index (χ3n) is 4.02. The lowest BCUT2D eigenvalue weighted by Gasteiger charge is -2.36. The average Bonchev–Trinajstić information content (AvgIpc) is 2.54. The van der Waals surface area contributed by atoms with Gasteiger partial charge in [0.1, 0.15) is 9.84 Å². The van der Waals surface area contributed by atoms with Crippen LogP contribution in [0, 0.1) is 0 Å². The van der Waals surface area contributed by atoms with E-state index in [1.165, 1.54) is 13.4 Å². The van der Waals surface area contributed by atoms with Crippen molar-refractivity contribution in [2.24, 2.45) is 0 Å². The van der Waals surface area contributed by atoms with Crippen molar-refractivity contribution in [2.45, 2.75) is 6.10 Å². The number of methoxy groups -OCH3 is 1. The van der Waals surface area contributed by atoms with Crippen molar-refractivity contribution < 1.29 is 17.9 Å². The first kappa shape index (κ1) is 17.9. The van der Waals surface area contributed by atoms with E-state index in [-0.39, 0.29) is 11.7 Å². The van der Waals surface area contributed by atoms with Crippen molar-refractivity contribution in [1.82, 2.24) is 9.80 Å². The van der Waals surface area contributed by atoms with Crippen LogP contribution in [0.4, 0.5) is 0 Å². The molecule has 0 N–H and O–H groups in total. The van der Waals surface area contributed by atoms with E-state index in [9.17, 15) is 13.2 Å². The number of sulfone groups is 1. The average molecular weight is 340 g/mol. The number of hydrogen-bond acceptors (Lipinski definition) is 5. The van der Waals surface area contributed by atoms with Crippen LogP contribution >= 0.6 is 0 Å². The van der Waals surface area contributed by atoms with Crippen LogP contribution in [0.1, 0.15) is 11.7 Å². The van der Waals surface area contributed by atoms with Crippen molar-refractivity contribution in [2.75, 3.05) is 51.8 Å². The quantitative estimate of drug-likeness (QED) is 0.757. The fourth-order valence-electron chi connectivity index (χ4n) is 2.66. The van der Waals surface area contributed by atoms with Crippen LogP contribution < -0.4 is 0 Å². The molecule has 1 heterocycles. The molecule has 1 saturated heterocycles. The minimum absolute atomic E-state index is 0.0403. The summed E-state index contributed by atoms with van der Waals surface area (Å²) in [7, 11) is -1.41. The van der Waals surface area contributed by atoms with Gasteiger partial charge in [-0.1, -0.05) is 30.3 Å². The Bertz CT molecular complexity index is 610. The molecule has 1 unspecified atom stereocenters. The zero-order valence-corrected chi connectivity index (χ0v) is 14.5. The number of carbonyl (C=O) groups is 1. The van der Waals surface area contributed by atoms with Gasteiger partial charge in [0.15, 0.2) is 6.10 Å². The number of benzene rings is 1. The molecule has 0 radical (unpaired) electrons. The van der Waals surface area contributed by atoms with Gasteiger partial charge in [-0.15, -0.1) is 0 Å². The van der Waals surface area contributed by atoms with E-state index in [2.05, 4.69) is 4.90 Å². The third kappa shape index (κ3) is 5.30. The van der Waals surface area contributed by atoms with Crippen LogP contribution in [0.2, 0.25) is 0 Å². The van der Waals surface area contributed by atoms with Gasteiger partial charge in [0, 0.05) is 46.1 Å². The molecule has 128 valence electrons. The van der Waals surface area contributed by atoms with Crippen molar-refractivity contribution in [3.05, 3.63) is 35.9 Å². The third-order valence-corrected chi connectivity index (χ3v) is 4.95. The fraction of sp³-hybridized carbons (Fsp3) is 0.562. The maximum atomic E-state index is 12.6. The summed E-state index contributed by atoms with van der Waals surface area (Å²) >= 11 is 0. The summed E-state index contributed by atoms with van der Waals surface area (Å²) in [6, 6.07) is 9.44. The summed E-state index contributed by atoms with van der Waals surface area (Å²) in [5.41, 5.74) is 0.847. The van der Waals surface area contributed by atoms with E-state index in [1.54, 1.807) is 4.90 Å². The van der Waals surface area contributed by atoms with Gasteiger partial charge in [-0.3, -0.25) is 9.69 Å². The van der Waals surface area contributed by atoms with E-state index >= 15 is 0 Å². The van der Waals surface area contributed by atoms with Gasteiger partial charge in [-0.25, -0.2) is 8.42 Å². The second-order valence-corrected chi connectivity index (χ2v) is 8.08. The van der Waals surface area contributed by atoms with E-state index in [1.807, 2.05) is 30.3 Å². The van der Waals surface area contributed by atoms with Gasteiger partial charge in [0.25, 0.3) is 5.91 Å². The molecule has 1 aliphatic rings. The molecule has 1 aromatic rings. The van der Waals surface area contributed by atoms with Crippen LogP contribution in [-0.2, 0) is 19.4 Å². The van der Waals surface area contributed by atoms with Crippen molar-refractivity contribution in [3.63, 3.8) is 0 Å². The predicted molar refractivity (Wildman–Crippen MR) is 88.9 cm³/mol. The summed E-state index contributed by atoms with van der Waals surface area (Å²) in [6.07, 6.45) is 0.661. The minimum atomic E-state index is -2.95. The molecule has 0 aromatic heterocycles. The predicted octanol–water partition coefficient (Wildman–Crippen LogP) is 0.563. The topological polar surface area (TPSA) is 66.9 Å². The van der Waals surface area contributed by atoms with E-state index in [0.29, 0.717) is 32.7 Å². The van der Waals surface area contributed by atoms with Crippen LogP contribution in [-0.4, -0.2) is 76.0 Å². The highest BCUT2D eigenvalue weighted by Gasteiger charge is 2.28. The number of ether oxygens (including phenoxy) is 1. The molecule has 6 nitrogen and oxygen atoms in total. The molecule has 1 aliphatic heterocycles. The molecule has 2 rings (SSSR count). The Kier molecular flexibility index (Phi) is 6.15. The molecule has 0 spiro atoms. The largest absolute Gasteiger partial charge is 0.367 e. The fourth-order valence-corrected chi connectivity index (χ4v) is 3.25. The van der Waals surface area contributed by atoms with Crippen molar-refractivity contribution in [3.8, 4) is 0 Å². The standard InChI is InChI=1S/C16H24N2O4S/c1-22-15(14-6-4-3-5-7-14)16(19)18-10-8-17(9-11-18)12-13-23(2,20)21/h3-7,15H,8-13H2,1-2H3. The highest BCUT2D eigenvalue weighted by molar-refractivity contribution is 7.90. The van der Waals surface area contributed by atoms with Gasteiger partial charge < -0.3 is 9.64 Å². The molecule has 0 aliphatic carbocycles. The van der Waals surface area contributed by atoms with Crippen LogP contribution in [0.3, 0.4) is 0 Å². The van der Waals surface area contributed by atoms with Crippen LogP contribution in [0.15, 0.2) is 30.3 Å². The molecular weight excluding hydrogens is 316 g/mol. The first-order chi connectivity index (χ1) is 10.9. The van der Waals surface area contributed by atoms with E-state index in [0.717, 1.165) is 5.56 Å². The lowest BCUT2D eigenvalue weighted by molar-refractivity contribution is -0.144. The van der Waals surface area contributed by atoms with Gasteiger partial charge in [-0.2, -0.15) is 0 Å². The Hall–Kier alpha value is -1.44. The maximum Gasteiger partial charge on any atom is 0.256 e. The monoisotopic (exact) mass is 340 g/mol. The summed E-state index contributed by atoms with van der Waals surface area (Å²) in [5.74, 6) is 0.118. The van der Waals surface area contributed by atoms with Crippen LogP contribution in [0.5, 0.6) is 0 Å². The summed E-state index contributed by atoms with van der Waals surface area (Å²) < 4.78 is 27.8. The Labute approximate surface area is 137 Å². The first-order valence-electron chi connectivity index (χ1n) is 7.67. The summed E-state index contributed by atoms with van der Waals surface area (Å²) in [4.78, 5) is 16.5. The SMILES string of the molecule is COC(C(=O)N1CCN(CCS(C)(=O)=O)CC1)c1ccccc1. The maximum absolute atomic E-state index is 12.6. The Morgan fingerprint density at radius 2 is 1.78 bits per heavy atom. The smallest absolute Gasteiger partial charge is 0.256 e. The number of nitrogens with zero attached hydrogens (tertiary/aromatic N) is 2. The van der Waals surface area contributed by atoms with Gasteiger partial charge in [0.05, 0.1) is 5.75 Å². The molecule has 7 heteroatoms. The van der Waals surface area contributed by atoms with E-state index < -0.39 is 15.9 Å². The lowest BCUT2D eigenvalue weighted by atomic mass is 10.1.